The van der Waals surface area contributed by atoms with Crippen molar-refractivity contribution < 1.29 is 19.0 Å². The summed E-state index contributed by atoms with van der Waals surface area (Å²) in [5, 5.41) is 0.814. The van der Waals surface area contributed by atoms with E-state index in [4.69, 9.17) is 19.2 Å². The Kier molecular flexibility index (Phi) is 6.76. The molecule has 1 unspecified atom stereocenters. The van der Waals surface area contributed by atoms with Crippen LogP contribution in [0.2, 0.25) is 0 Å². The van der Waals surface area contributed by atoms with Crippen molar-refractivity contribution in [2.24, 2.45) is 0 Å². The molecule has 0 spiro atoms. The van der Waals surface area contributed by atoms with Gasteiger partial charge in [-0.3, -0.25) is 14.2 Å². The van der Waals surface area contributed by atoms with Crippen LogP contribution >= 0.6 is 23.1 Å². The summed E-state index contributed by atoms with van der Waals surface area (Å²) in [5.74, 6) is 0.966. The van der Waals surface area contributed by atoms with Crippen LogP contribution in [0.1, 0.15) is 29.3 Å². The number of methoxy groups -OCH3 is 3. The number of benzene rings is 1. The number of rotatable bonds is 8. The van der Waals surface area contributed by atoms with E-state index in [1.807, 2.05) is 18.2 Å². The molecule has 3 aromatic rings. The third-order valence-electron chi connectivity index (χ3n) is 5.68. The molecular weight excluding hydrogens is 448 g/mol. The number of nitrogens with zero attached hydrogens (tertiary/aromatic N) is 2. The number of thiophene rings is 1. The Labute approximate surface area is 194 Å². The average Bonchev–Trinajstić information content (AvgIpc) is 3.38. The summed E-state index contributed by atoms with van der Waals surface area (Å²) >= 11 is 2.86. The Balaban J connectivity index is 1.72. The molecule has 1 aliphatic carbocycles. The molecule has 1 atom stereocenters. The zero-order valence-corrected chi connectivity index (χ0v) is 20.2. The average molecular weight is 475 g/mol. The second kappa shape index (κ2) is 9.54. The van der Waals surface area contributed by atoms with Crippen molar-refractivity contribution in [1.29, 1.82) is 0 Å². The van der Waals surface area contributed by atoms with E-state index in [0.29, 0.717) is 29.6 Å². The van der Waals surface area contributed by atoms with Crippen LogP contribution in [0.15, 0.2) is 28.2 Å². The Bertz CT molecular complexity index is 1220. The first kappa shape index (κ1) is 22.7. The van der Waals surface area contributed by atoms with Crippen LogP contribution in [-0.4, -0.2) is 42.1 Å². The van der Waals surface area contributed by atoms with Gasteiger partial charge >= 0.3 is 5.97 Å². The van der Waals surface area contributed by atoms with Gasteiger partial charge < -0.3 is 14.2 Å². The van der Waals surface area contributed by atoms with Crippen molar-refractivity contribution in [1.82, 2.24) is 9.55 Å². The van der Waals surface area contributed by atoms with E-state index < -0.39 is 5.25 Å². The molecule has 0 N–H and O–H groups in total. The summed E-state index contributed by atoms with van der Waals surface area (Å²) in [6, 6.07) is 5.74. The van der Waals surface area contributed by atoms with E-state index in [0.717, 1.165) is 40.6 Å². The van der Waals surface area contributed by atoms with Crippen LogP contribution in [0.4, 0.5) is 0 Å². The minimum Gasteiger partial charge on any atom is -0.493 e. The standard InChI is InChI=1S/C23H26N2O5S2/c1-13(22(27)30-4)31-23-24-20-19(15-6-5-7-18(15)32-20)21(26)25(23)11-10-14-8-9-16(28-2)17(12-14)29-3/h8-9,12-13H,5-7,10-11H2,1-4H3. The lowest BCUT2D eigenvalue weighted by Gasteiger charge is -2.15. The maximum absolute atomic E-state index is 13.6. The Morgan fingerprint density at radius 3 is 2.72 bits per heavy atom. The maximum Gasteiger partial charge on any atom is 0.318 e. The predicted molar refractivity (Wildman–Crippen MR) is 126 cm³/mol. The van der Waals surface area contributed by atoms with Crippen molar-refractivity contribution in [2.75, 3.05) is 21.3 Å². The van der Waals surface area contributed by atoms with Crippen molar-refractivity contribution >= 4 is 39.3 Å². The van der Waals surface area contributed by atoms with Crippen LogP contribution in [0.3, 0.4) is 0 Å². The van der Waals surface area contributed by atoms with E-state index in [1.165, 1.54) is 23.7 Å². The van der Waals surface area contributed by atoms with Crippen LogP contribution in [0.25, 0.3) is 10.2 Å². The van der Waals surface area contributed by atoms with Gasteiger partial charge in [0.1, 0.15) is 10.1 Å². The van der Waals surface area contributed by atoms with Gasteiger partial charge in [0, 0.05) is 11.4 Å². The zero-order valence-electron chi connectivity index (χ0n) is 18.6. The molecule has 0 aliphatic heterocycles. The van der Waals surface area contributed by atoms with Crippen LogP contribution in [0.5, 0.6) is 11.5 Å². The highest BCUT2D eigenvalue weighted by molar-refractivity contribution is 8.00. The number of carbonyl (C=O) groups excluding carboxylic acids is 1. The number of ether oxygens (including phenoxy) is 3. The highest BCUT2D eigenvalue weighted by Crippen LogP contribution is 2.36. The fraction of sp³-hybridized carbons (Fsp3) is 0.435. The number of hydrogen-bond acceptors (Lipinski definition) is 8. The molecule has 1 aromatic carbocycles. The summed E-state index contributed by atoms with van der Waals surface area (Å²) in [5.41, 5.74) is 2.14. The normalized spacial score (nSPS) is 13.8. The molecule has 2 heterocycles. The summed E-state index contributed by atoms with van der Waals surface area (Å²) in [7, 11) is 4.57. The Hall–Kier alpha value is -2.52. The summed E-state index contributed by atoms with van der Waals surface area (Å²) in [6.45, 7) is 2.21. The summed E-state index contributed by atoms with van der Waals surface area (Å²) < 4.78 is 17.3. The second-order valence-corrected chi connectivity index (χ2v) is 10.0. The lowest BCUT2D eigenvalue weighted by Crippen LogP contribution is -2.26. The molecule has 1 aliphatic rings. The maximum atomic E-state index is 13.6. The number of esters is 1. The Morgan fingerprint density at radius 2 is 2.00 bits per heavy atom. The molecular formula is C23H26N2O5S2. The topological polar surface area (TPSA) is 79.7 Å². The van der Waals surface area contributed by atoms with Crippen LogP contribution < -0.4 is 15.0 Å². The highest BCUT2D eigenvalue weighted by atomic mass is 32.2. The van der Waals surface area contributed by atoms with E-state index in [2.05, 4.69) is 0 Å². The Morgan fingerprint density at radius 1 is 1.22 bits per heavy atom. The largest absolute Gasteiger partial charge is 0.493 e. The fourth-order valence-corrected chi connectivity index (χ4v) is 6.26. The molecule has 0 amide bonds. The lowest BCUT2D eigenvalue weighted by atomic mass is 10.1. The molecule has 0 saturated carbocycles. The van der Waals surface area contributed by atoms with Crippen molar-refractivity contribution in [3.63, 3.8) is 0 Å². The van der Waals surface area contributed by atoms with Crippen molar-refractivity contribution in [3.05, 3.63) is 44.6 Å². The molecule has 0 bridgehead atoms. The first-order valence-electron chi connectivity index (χ1n) is 10.5. The fourth-order valence-electron chi connectivity index (χ4n) is 3.99. The van der Waals surface area contributed by atoms with E-state index in [1.54, 1.807) is 37.0 Å². The molecule has 4 rings (SSSR count). The van der Waals surface area contributed by atoms with E-state index in [-0.39, 0.29) is 11.5 Å². The first-order valence-corrected chi connectivity index (χ1v) is 12.2. The zero-order chi connectivity index (χ0) is 22.8. The third-order valence-corrected chi connectivity index (χ3v) is 7.93. The predicted octanol–water partition coefficient (Wildman–Crippen LogP) is 3.86. The molecule has 0 saturated heterocycles. The molecule has 170 valence electrons. The monoisotopic (exact) mass is 474 g/mol. The van der Waals surface area contributed by atoms with Gasteiger partial charge in [-0.15, -0.1) is 11.3 Å². The van der Waals surface area contributed by atoms with Crippen LogP contribution in [-0.2, 0) is 35.3 Å². The molecule has 7 nitrogen and oxygen atoms in total. The van der Waals surface area contributed by atoms with Gasteiger partial charge in [-0.25, -0.2) is 4.98 Å². The lowest BCUT2D eigenvalue weighted by molar-refractivity contribution is -0.139. The minimum atomic E-state index is -0.469. The highest BCUT2D eigenvalue weighted by Gasteiger charge is 2.25. The van der Waals surface area contributed by atoms with Crippen molar-refractivity contribution in [2.45, 2.75) is 49.6 Å². The van der Waals surface area contributed by atoms with Gasteiger partial charge in [0.25, 0.3) is 5.56 Å². The number of fused-ring (bicyclic) bond motifs is 3. The molecule has 9 heteroatoms. The molecule has 0 radical (unpaired) electrons. The number of thioether (sulfide) groups is 1. The second-order valence-electron chi connectivity index (χ2n) is 7.61. The molecule has 2 aromatic heterocycles. The molecule has 32 heavy (non-hydrogen) atoms. The van der Waals surface area contributed by atoms with Crippen molar-refractivity contribution in [3.8, 4) is 11.5 Å². The van der Waals surface area contributed by atoms with Gasteiger partial charge in [-0.1, -0.05) is 17.8 Å². The summed E-state index contributed by atoms with van der Waals surface area (Å²) in [6.07, 6.45) is 3.62. The van der Waals surface area contributed by atoms with E-state index in [9.17, 15) is 9.59 Å². The quantitative estimate of drug-likeness (QED) is 0.279. The van der Waals surface area contributed by atoms with Gasteiger partial charge in [0.05, 0.1) is 26.7 Å². The minimum absolute atomic E-state index is 0.0329. The molecule has 0 fully saturated rings. The first-order chi connectivity index (χ1) is 15.5. The summed E-state index contributed by atoms with van der Waals surface area (Å²) in [4.78, 5) is 32.5. The van der Waals surface area contributed by atoms with E-state index >= 15 is 0 Å². The smallest absolute Gasteiger partial charge is 0.318 e. The third kappa shape index (κ3) is 4.23. The van der Waals surface area contributed by atoms with Crippen LogP contribution in [0, 0.1) is 0 Å². The van der Waals surface area contributed by atoms with Gasteiger partial charge in [-0.2, -0.15) is 0 Å². The van der Waals surface area contributed by atoms with Gasteiger partial charge in [-0.05, 0) is 55.9 Å². The van der Waals surface area contributed by atoms with Gasteiger partial charge in [0.15, 0.2) is 16.7 Å². The number of aromatic nitrogens is 2. The number of carbonyl (C=O) groups is 1. The number of aryl methyl sites for hydroxylation is 3. The van der Waals surface area contributed by atoms with Gasteiger partial charge in [0.2, 0.25) is 0 Å². The SMILES string of the molecule is COC(=O)C(C)Sc1nc2sc3c(c2c(=O)n1CCc1ccc(OC)c(OC)c1)CCC3. The number of hydrogen-bond donors (Lipinski definition) is 0.